The maximum Gasteiger partial charge on any atom is 0.243 e. The fourth-order valence-corrected chi connectivity index (χ4v) is 3.17. The third kappa shape index (κ3) is 8.34. The molecule has 168 valence electrons. The molecule has 0 saturated carbocycles. The molecular weight excluding hydrogens is 400 g/mol. The second kappa shape index (κ2) is 13.1. The number of amides is 1. The molecule has 0 fully saturated rings. The van der Waals surface area contributed by atoms with E-state index in [-0.39, 0.29) is 12.5 Å². The highest BCUT2D eigenvalue weighted by Gasteiger charge is 2.04. The molecule has 0 atom stereocenters. The van der Waals surface area contributed by atoms with Gasteiger partial charge in [-0.15, -0.1) is 0 Å². The monoisotopic (exact) mass is 432 g/mol. The number of rotatable bonds is 13. The average Bonchev–Trinajstić information content (AvgIpc) is 2.82. The zero-order valence-electron chi connectivity index (χ0n) is 18.7. The molecule has 0 saturated heterocycles. The van der Waals surface area contributed by atoms with Crippen LogP contribution in [0.4, 0.5) is 11.4 Å². The van der Waals surface area contributed by atoms with E-state index in [1.807, 2.05) is 54.6 Å². The molecule has 5 heteroatoms. The zero-order chi connectivity index (χ0) is 22.4. The van der Waals surface area contributed by atoms with Crippen LogP contribution >= 0.6 is 0 Å². The molecule has 0 aliphatic rings. The van der Waals surface area contributed by atoms with Crippen molar-refractivity contribution in [2.75, 3.05) is 30.4 Å². The number of anilines is 2. The van der Waals surface area contributed by atoms with Gasteiger partial charge in [-0.2, -0.15) is 0 Å². The summed E-state index contributed by atoms with van der Waals surface area (Å²) in [5.41, 5.74) is 2.90. The average molecular weight is 433 g/mol. The third-order valence-corrected chi connectivity index (χ3v) is 4.91. The van der Waals surface area contributed by atoms with E-state index in [1.165, 1.54) is 5.56 Å². The summed E-state index contributed by atoms with van der Waals surface area (Å²) in [4.78, 5) is 12.3. The Morgan fingerprint density at radius 3 is 2.31 bits per heavy atom. The Labute approximate surface area is 190 Å². The van der Waals surface area contributed by atoms with Crippen LogP contribution in [0.15, 0.2) is 78.9 Å². The van der Waals surface area contributed by atoms with Gasteiger partial charge in [-0.3, -0.25) is 4.79 Å². The van der Waals surface area contributed by atoms with Crippen molar-refractivity contribution in [3.63, 3.8) is 0 Å². The van der Waals surface area contributed by atoms with Gasteiger partial charge in [0.05, 0.1) is 19.8 Å². The minimum absolute atomic E-state index is 0.116. The molecular formula is C27H32N2O3. The van der Waals surface area contributed by atoms with Crippen LogP contribution in [0.1, 0.15) is 31.7 Å². The number of carbonyl (C=O) groups excluding carboxylic acids is 1. The minimum atomic E-state index is -0.116. The summed E-state index contributed by atoms with van der Waals surface area (Å²) in [5, 5.41) is 6.04. The van der Waals surface area contributed by atoms with Crippen molar-refractivity contribution in [2.45, 2.75) is 32.6 Å². The minimum Gasteiger partial charge on any atom is -0.494 e. The standard InChI is InChI=1S/C27H32N2O3/c1-2-3-18-31-25-16-14-23(15-17-25)28-21-27(30)29-24-12-7-13-26(20-24)32-19-8-11-22-9-5-4-6-10-22/h4-7,9-10,12-17,20,28H,2-3,8,11,18-19,21H2,1H3,(H,29,30). The van der Waals surface area contributed by atoms with Crippen molar-refractivity contribution in [2.24, 2.45) is 0 Å². The van der Waals surface area contributed by atoms with Gasteiger partial charge in [0.15, 0.2) is 0 Å². The molecule has 2 N–H and O–H groups in total. The summed E-state index contributed by atoms with van der Waals surface area (Å²) < 4.78 is 11.5. The van der Waals surface area contributed by atoms with Gasteiger partial charge in [-0.05, 0) is 61.2 Å². The molecule has 5 nitrogen and oxygen atoms in total. The molecule has 1 amide bonds. The Morgan fingerprint density at radius 1 is 0.781 bits per heavy atom. The molecule has 3 aromatic carbocycles. The lowest BCUT2D eigenvalue weighted by Gasteiger charge is -2.11. The van der Waals surface area contributed by atoms with E-state index in [9.17, 15) is 4.79 Å². The molecule has 0 radical (unpaired) electrons. The van der Waals surface area contributed by atoms with Gasteiger partial charge in [0.25, 0.3) is 0 Å². The maximum absolute atomic E-state index is 12.3. The van der Waals surface area contributed by atoms with E-state index in [1.54, 1.807) is 0 Å². The number of carbonyl (C=O) groups is 1. The second-order valence-corrected chi connectivity index (χ2v) is 7.59. The van der Waals surface area contributed by atoms with E-state index < -0.39 is 0 Å². The predicted molar refractivity (Wildman–Crippen MR) is 131 cm³/mol. The molecule has 3 rings (SSSR count). The Bertz CT molecular complexity index is 943. The van der Waals surface area contributed by atoms with Crippen molar-refractivity contribution in [1.29, 1.82) is 0 Å². The van der Waals surface area contributed by atoms with E-state index in [2.05, 4.69) is 41.8 Å². The molecule has 32 heavy (non-hydrogen) atoms. The first-order valence-electron chi connectivity index (χ1n) is 11.3. The van der Waals surface area contributed by atoms with Gasteiger partial charge in [-0.25, -0.2) is 0 Å². The van der Waals surface area contributed by atoms with Crippen LogP contribution < -0.4 is 20.1 Å². The predicted octanol–water partition coefficient (Wildman–Crippen LogP) is 5.93. The summed E-state index contributed by atoms with van der Waals surface area (Å²) in [7, 11) is 0. The second-order valence-electron chi connectivity index (χ2n) is 7.59. The highest BCUT2D eigenvalue weighted by molar-refractivity contribution is 5.93. The van der Waals surface area contributed by atoms with Crippen LogP contribution in [-0.2, 0) is 11.2 Å². The van der Waals surface area contributed by atoms with Crippen molar-refractivity contribution in [1.82, 2.24) is 0 Å². The number of aryl methyl sites for hydroxylation is 1. The number of ether oxygens (including phenoxy) is 2. The number of unbranched alkanes of at least 4 members (excludes halogenated alkanes) is 1. The molecule has 0 aromatic heterocycles. The molecule has 0 bridgehead atoms. The lowest BCUT2D eigenvalue weighted by atomic mass is 10.1. The Morgan fingerprint density at radius 2 is 1.53 bits per heavy atom. The van der Waals surface area contributed by atoms with Crippen molar-refractivity contribution < 1.29 is 14.3 Å². The third-order valence-electron chi connectivity index (χ3n) is 4.91. The fourth-order valence-electron chi connectivity index (χ4n) is 3.17. The van der Waals surface area contributed by atoms with Crippen LogP contribution in [0.25, 0.3) is 0 Å². The number of benzene rings is 3. The van der Waals surface area contributed by atoms with Gasteiger partial charge < -0.3 is 20.1 Å². The van der Waals surface area contributed by atoms with E-state index in [0.29, 0.717) is 6.61 Å². The first kappa shape index (κ1) is 23.2. The smallest absolute Gasteiger partial charge is 0.243 e. The van der Waals surface area contributed by atoms with Gasteiger partial charge in [0, 0.05) is 17.4 Å². The van der Waals surface area contributed by atoms with Crippen molar-refractivity contribution in [3.8, 4) is 11.5 Å². The van der Waals surface area contributed by atoms with E-state index in [0.717, 1.165) is 55.2 Å². The quantitative estimate of drug-likeness (QED) is 0.329. The summed E-state index contributed by atoms with van der Waals surface area (Å²) in [6.07, 6.45) is 4.07. The van der Waals surface area contributed by atoms with Crippen LogP contribution in [-0.4, -0.2) is 25.7 Å². The molecule has 0 aliphatic heterocycles. The van der Waals surface area contributed by atoms with Gasteiger partial charge in [-0.1, -0.05) is 49.7 Å². The normalized spacial score (nSPS) is 10.4. The Hall–Kier alpha value is -3.47. The number of nitrogens with one attached hydrogen (secondary N) is 2. The first-order valence-corrected chi connectivity index (χ1v) is 11.3. The van der Waals surface area contributed by atoms with Gasteiger partial charge in [0.1, 0.15) is 11.5 Å². The highest BCUT2D eigenvalue weighted by atomic mass is 16.5. The molecule has 0 heterocycles. The Balaban J connectivity index is 1.38. The number of hydrogen-bond donors (Lipinski definition) is 2. The van der Waals surface area contributed by atoms with Crippen LogP contribution in [0, 0.1) is 0 Å². The van der Waals surface area contributed by atoms with Crippen molar-refractivity contribution in [3.05, 3.63) is 84.4 Å². The number of hydrogen-bond acceptors (Lipinski definition) is 4. The van der Waals surface area contributed by atoms with E-state index in [4.69, 9.17) is 9.47 Å². The van der Waals surface area contributed by atoms with Crippen molar-refractivity contribution >= 4 is 17.3 Å². The lowest BCUT2D eigenvalue weighted by molar-refractivity contribution is -0.114. The molecule has 3 aromatic rings. The van der Waals surface area contributed by atoms with Crippen LogP contribution in [0.3, 0.4) is 0 Å². The topological polar surface area (TPSA) is 59.6 Å². The summed E-state index contributed by atoms with van der Waals surface area (Å²) in [6.45, 7) is 3.67. The molecule has 0 spiro atoms. The summed E-state index contributed by atoms with van der Waals surface area (Å²) >= 11 is 0. The largest absolute Gasteiger partial charge is 0.494 e. The highest BCUT2D eigenvalue weighted by Crippen LogP contribution is 2.19. The zero-order valence-corrected chi connectivity index (χ0v) is 18.7. The summed E-state index contributed by atoms with van der Waals surface area (Å²) in [6, 6.07) is 25.5. The molecule has 0 unspecified atom stereocenters. The van der Waals surface area contributed by atoms with Crippen LogP contribution in [0.2, 0.25) is 0 Å². The maximum atomic E-state index is 12.3. The Kier molecular flexibility index (Phi) is 9.46. The fraction of sp³-hybridized carbons (Fsp3) is 0.296. The lowest BCUT2D eigenvalue weighted by Crippen LogP contribution is -2.21. The first-order chi connectivity index (χ1) is 15.7. The van der Waals surface area contributed by atoms with Crippen LogP contribution in [0.5, 0.6) is 11.5 Å². The molecule has 0 aliphatic carbocycles. The van der Waals surface area contributed by atoms with Gasteiger partial charge >= 0.3 is 0 Å². The summed E-state index contributed by atoms with van der Waals surface area (Å²) in [5.74, 6) is 1.48. The SMILES string of the molecule is CCCCOc1ccc(NCC(=O)Nc2cccc(OCCCc3ccccc3)c2)cc1. The van der Waals surface area contributed by atoms with Gasteiger partial charge in [0.2, 0.25) is 5.91 Å². The van der Waals surface area contributed by atoms with E-state index >= 15 is 0 Å².